The van der Waals surface area contributed by atoms with E-state index < -0.39 is 12.4 Å². The fraction of sp³-hybridized carbons (Fsp3) is 0.289. The number of aliphatic hydroxyl groups excluding tert-OH is 2. The van der Waals surface area contributed by atoms with Crippen molar-refractivity contribution in [3.63, 3.8) is 0 Å². The highest BCUT2D eigenvalue weighted by Crippen LogP contribution is 2.42. The SMILES string of the molecule is C[C@H]1[C@@H](CN(C)[C@H](C)[C@@H](O)c2ccccc2)O[C@@H](c2ccc(NC(=O)c3cnc4ccccc4n3)cc2)O[C@H]1c1ccc(CO)cc1. The molecular formula is C38H40N4O5. The number of rotatable bonds is 10. The minimum Gasteiger partial charge on any atom is -0.392 e. The van der Waals surface area contributed by atoms with Crippen LogP contribution in [0.5, 0.6) is 0 Å². The molecule has 1 aliphatic rings. The van der Waals surface area contributed by atoms with Crippen molar-refractivity contribution < 1.29 is 24.5 Å². The zero-order chi connectivity index (χ0) is 32.9. The van der Waals surface area contributed by atoms with E-state index in [1.807, 2.05) is 117 Å². The molecule has 0 unspecified atom stereocenters. The van der Waals surface area contributed by atoms with E-state index in [1.54, 1.807) is 0 Å². The second-order valence-corrected chi connectivity index (χ2v) is 12.2. The molecule has 1 aromatic heterocycles. The molecule has 4 aromatic carbocycles. The largest absolute Gasteiger partial charge is 0.392 e. The third kappa shape index (κ3) is 7.40. The van der Waals surface area contributed by atoms with E-state index in [0.29, 0.717) is 17.7 Å². The Balaban J connectivity index is 1.20. The van der Waals surface area contributed by atoms with Crippen LogP contribution in [0.2, 0.25) is 0 Å². The van der Waals surface area contributed by atoms with Gasteiger partial charge in [-0.25, -0.2) is 4.98 Å². The van der Waals surface area contributed by atoms with Crippen molar-refractivity contribution in [1.82, 2.24) is 14.9 Å². The van der Waals surface area contributed by atoms with Crippen LogP contribution in [0, 0.1) is 5.92 Å². The van der Waals surface area contributed by atoms with Gasteiger partial charge in [-0.15, -0.1) is 0 Å². The second-order valence-electron chi connectivity index (χ2n) is 12.2. The smallest absolute Gasteiger partial charge is 0.275 e. The van der Waals surface area contributed by atoms with E-state index in [0.717, 1.165) is 27.8 Å². The van der Waals surface area contributed by atoms with Gasteiger partial charge in [0, 0.05) is 29.8 Å². The van der Waals surface area contributed by atoms with Gasteiger partial charge in [-0.2, -0.15) is 0 Å². The number of hydrogen-bond acceptors (Lipinski definition) is 8. The Morgan fingerprint density at radius 1 is 0.894 bits per heavy atom. The molecule has 0 radical (unpaired) electrons. The number of likely N-dealkylation sites (N-methyl/N-ethyl adjacent to an activating group) is 1. The molecule has 1 aliphatic heterocycles. The number of nitrogens with one attached hydrogen (secondary N) is 1. The van der Waals surface area contributed by atoms with Gasteiger partial charge in [-0.3, -0.25) is 14.7 Å². The van der Waals surface area contributed by atoms with E-state index >= 15 is 0 Å². The Morgan fingerprint density at radius 2 is 1.55 bits per heavy atom. The van der Waals surface area contributed by atoms with Gasteiger partial charge < -0.3 is 25.0 Å². The number of nitrogens with zero attached hydrogens (tertiary/aromatic N) is 3. The van der Waals surface area contributed by atoms with Crippen LogP contribution < -0.4 is 5.32 Å². The highest BCUT2D eigenvalue weighted by Gasteiger charge is 2.39. The van der Waals surface area contributed by atoms with Crippen LogP contribution in [-0.2, 0) is 16.1 Å². The summed E-state index contributed by atoms with van der Waals surface area (Å²) in [5, 5.41) is 23.6. The number of aromatic nitrogens is 2. The normalized spacial score (nSPS) is 21.0. The van der Waals surface area contributed by atoms with E-state index in [1.165, 1.54) is 6.20 Å². The van der Waals surface area contributed by atoms with E-state index in [-0.39, 0.29) is 42.4 Å². The zero-order valence-electron chi connectivity index (χ0n) is 26.7. The Bertz CT molecular complexity index is 1780. The molecule has 0 saturated carbocycles. The third-order valence-electron chi connectivity index (χ3n) is 9.01. The summed E-state index contributed by atoms with van der Waals surface area (Å²) in [6, 6.07) is 32.1. The first-order chi connectivity index (χ1) is 22.8. The Kier molecular flexibility index (Phi) is 10.0. The second kappa shape index (κ2) is 14.5. The van der Waals surface area contributed by atoms with Crippen LogP contribution in [0.1, 0.15) is 65.1 Å². The highest BCUT2D eigenvalue weighted by atomic mass is 16.7. The van der Waals surface area contributed by atoms with Crippen LogP contribution in [0.3, 0.4) is 0 Å². The number of para-hydroxylation sites is 2. The van der Waals surface area contributed by atoms with Crippen LogP contribution in [0.4, 0.5) is 5.69 Å². The molecule has 1 amide bonds. The fourth-order valence-electron chi connectivity index (χ4n) is 5.93. The van der Waals surface area contributed by atoms with Gasteiger partial charge in [0.1, 0.15) is 5.69 Å². The summed E-state index contributed by atoms with van der Waals surface area (Å²) >= 11 is 0. The molecule has 0 bridgehead atoms. The quantitative estimate of drug-likeness (QED) is 0.166. The maximum Gasteiger partial charge on any atom is 0.275 e. The first-order valence-corrected chi connectivity index (χ1v) is 15.9. The lowest BCUT2D eigenvalue weighted by atomic mass is 9.89. The predicted molar refractivity (Wildman–Crippen MR) is 180 cm³/mol. The van der Waals surface area contributed by atoms with E-state index in [2.05, 4.69) is 27.1 Å². The first-order valence-electron chi connectivity index (χ1n) is 15.9. The molecule has 47 heavy (non-hydrogen) atoms. The van der Waals surface area contributed by atoms with Crippen LogP contribution >= 0.6 is 0 Å². The van der Waals surface area contributed by atoms with Crippen molar-refractivity contribution >= 4 is 22.6 Å². The molecule has 1 fully saturated rings. The predicted octanol–water partition coefficient (Wildman–Crippen LogP) is 6.22. The lowest BCUT2D eigenvalue weighted by Gasteiger charge is -2.43. The molecule has 9 heteroatoms. The molecule has 6 atom stereocenters. The van der Waals surface area contributed by atoms with Gasteiger partial charge in [-0.1, -0.05) is 85.8 Å². The summed E-state index contributed by atoms with van der Waals surface area (Å²) in [6.45, 7) is 4.67. The van der Waals surface area contributed by atoms with Crippen molar-refractivity contribution in [2.45, 2.75) is 51.1 Å². The van der Waals surface area contributed by atoms with Crippen LogP contribution in [0.25, 0.3) is 11.0 Å². The summed E-state index contributed by atoms with van der Waals surface area (Å²) in [7, 11) is 2.00. The van der Waals surface area contributed by atoms with E-state index in [4.69, 9.17) is 9.47 Å². The fourth-order valence-corrected chi connectivity index (χ4v) is 5.93. The number of amides is 1. The molecule has 6 rings (SSSR count). The van der Waals surface area contributed by atoms with Crippen molar-refractivity contribution in [3.8, 4) is 0 Å². The summed E-state index contributed by atoms with van der Waals surface area (Å²) in [5.41, 5.74) is 5.72. The average Bonchev–Trinajstić information content (AvgIpc) is 3.12. The molecular weight excluding hydrogens is 592 g/mol. The maximum absolute atomic E-state index is 13.0. The molecule has 0 spiro atoms. The lowest BCUT2D eigenvalue weighted by Crippen LogP contribution is -2.46. The van der Waals surface area contributed by atoms with Crippen LogP contribution in [-0.4, -0.2) is 56.7 Å². The van der Waals surface area contributed by atoms with Gasteiger partial charge in [0.05, 0.1) is 42.1 Å². The molecule has 242 valence electrons. The number of hydrogen-bond donors (Lipinski definition) is 3. The molecule has 1 saturated heterocycles. The van der Waals surface area contributed by atoms with Gasteiger partial charge in [0.2, 0.25) is 0 Å². The summed E-state index contributed by atoms with van der Waals surface area (Å²) < 4.78 is 13.2. The number of aliphatic hydroxyl groups is 2. The summed E-state index contributed by atoms with van der Waals surface area (Å²) in [4.78, 5) is 23.9. The standard InChI is InChI=1S/C38H40N4O5/c1-24-34(22-42(3)25(2)35(44)27-9-5-4-6-10-27)46-38(47-36(24)28-15-13-26(23-43)14-16-28)29-17-19-30(20-18-29)40-37(45)33-21-39-31-11-7-8-12-32(31)41-33/h4-21,24-25,34-36,38,43-44H,22-23H2,1-3H3,(H,40,45)/t24-,25+,34+,35+,36+,38+/m0/s1. The van der Waals surface area contributed by atoms with Crippen molar-refractivity contribution in [2.75, 3.05) is 18.9 Å². The first kappa shape index (κ1) is 32.4. The highest BCUT2D eigenvalue weighted by molar-refractivity contribution is 6.03. The molecule has 3 N–H and O–H groups in total. The average molecular weight is 633 g/mol. The molecule has 2 heterocycles. The van der Waals surface area contributed by atoms with Crippen molar-refractivity contribution in [3.05, 3.63) is 137 Å². The number of carbonyl (C=O) groups is 1. The van der Waals surface area contributed by atoms with Gasteiger partial charge in [0.25, 0.3) is 5.91 Å². The monoisotopic (exact) mass is 632 g/mol. The molecule has 0 aliphatic carbocycles. The number of carbonyl (C=O) groups excluding carboxylic acids is 1. The van der Waals surface area contributed by atoms with Gasteiger partial charge >= 0.3 is 0 Å². The van der Waals surface area contributed by atoms with Crippen molar-refractivity contribution in [1.29, 1.82) is 0 Å². The number of ether oxygens (including phenoxy) is 2. The lowest BCUT2D eigenvalue weighted by molar-refractivity contribution is -0.276. The summed E-state index contributed by atoms with van der Waals surface area (Å²) in [6.07, 6.45) is -0.353. The molecule has 5 aromatic rings. The van der Waals surface area contributed by atoms with Gasteiger partial charge in [-0.05, 0) is 54.9 Å². The summed E-state index contributed by atoms with van der Waals surface area (Å²) in [5.74, 6) is -0.368. The number of benzene rings is 4. The van der Waals surface area contributed by atoms with E-state index in [9.17, 15) is 15.0 Å². The third-order valence-corrected chi connectivity index (χ3v) is 9.01. The minimum atomic E-state index is -0.669. The minimum absolute atomic E-state index is 0.0173. The van der Waals surface area contributed by atoms with Crippen LogP contribution in [0.15, 0.2) is 109 Å². The topological polar surface area (TPSA) is 117 Å². The molecule has 9 nitrogen and oxygen atoms in total. The van der Waals surface area contributed by atoms with Gasteiger partial charge in [0.15, 0.2) is 6.29 Å². The maximum atomic E-state index is 13.0. The zero-order valence-corrected chi connectivity index (χ0v) is 26.7. The Morgan fingerprint density at radius 3 is 2.26 bits per heavy atom. The number of fused-ring (bicyclic) bond motifs is 1. The Hall–Kier alpha value is -4.51. The van der Waals surface area contributed by atoms with Crippen molar-refractivity contribution in [2.24, 2.45) is 5.92 Å². The number of anilines is 1. The Labute approximate surface area is 274 Å².